The van der Waals surface area contributed by atoms with E-state index in [4.69, 9.17) is 10.5 Å². The molecule has 0 spiro atoms. The summed E-state index contributed by atoms with van der Waals surface area (Å²) in [7, 11) is 0. The van der Waals surface area contributed by atoms with E-state index in [1.165, 1.54) is 31.5 Å². The summed E-state index contributed by atoms with van der Waals surface area (Å²) in [5.74, 6) is -4.09. The minimum absolute atomic E-state index is 0.00201. The van der Waals surface area contributed by atoms with Crippen LogP contribution in [0.25, 0.3) is 0 Å². The first-order chi connectivity index (χ1) is 13.7. The number of benzene rings is 1. The summed E-state index contributed by atoms with van der Waals surface area (Å²) in [5.41, 5.74) is 4.26. The first-order valence-electron chi connectivity index (χ1n) is 8.83. The lowest BCUT2D eigenvalue weighted by atomic mass is 9.84. The molecule has 2 aromatic rings. The quantitative estimate of drug-likeness (QED) is 0.507. The van der Waals surface area contributed by atoms with Crippen LogP contribution in [0.15, 0.2) is 42.7 Å². The highest BCUT2D eigenvalue weighted by Gasteiger charge is 2.47. The molecular weight excluding hydrogens is 384 g/mol. The smallest absolute Gasteiger partial charge is 0.338 e. The number of halogens is 2. The minimum Gasteiger partial charge on any atom is -0.464 e. The van der Waals surface area contributed by atoms with Crippen LogP contribution in [0.5, 0.6) is 0 Å². The van der Waals surface area contributed by atoms with Crippen LogP contribution in [0.4, 0.5) is 8.78 Å². The second kappa shape index (κ2) is 9.33. The van der Waals surface area contributed by atoms with Gasteiger partial charge in [-0.25, -0.2) is 13.6 Å². The molecule has 0 aliphatic heterocycles. The van der Waals surface area contributed by atoms with Gasteiger partial charge in [-0.15, -0.1) is 0 Å². The number of Topliss-reactive ketones (excluding diaryl/α,β-unsaturated/α-hetero) is 1. The molecule has 1 amide bonds. The van der Waals surface area contributed by atoms with Gasteiger partial charge in [0.1, 0.15) is 11.6 Å². The minimum atomic E-state index is -2.16. The summed E-state index contributed by atoms with van der Waals surface area (Å²) in [5, 5.41) is 2.40. The maximum atomic E-state index is 13.3. The third-order valence-electron chi connectivity index (χ3n) is 4.18. The molecule has 154 valence electrons. The Morgan fingerprint density at radius 1 is 1.17 bits per heavy atom. The Kier molecular flexibility index (Phi) is 7.11. The largest absolute Gasteiger partial charge is 0.464 e. The Hall–Kier alpha value is -3.20. The van der Waals surface area contributed by atoms with Crippen LogP contribution in [0.2, 0.25) is 0 Å². The van der Waals surface area contributed by atoms with Gasteiger partial charge in [-0.05, 0) is 49.2 Å². The number of carbonyl (C=O) groups excluding carboxylic acids is 3. The van der Waals surface area contributed by atoms with Crippen molar-refractivity contribution in [2.24, 2.45) is 5.73 Å². The lowest BCUT2D eigenvalue weighted by Gasteiger charge is -2.29. The van der Waals surface area contributed by atoms with Crippen LogP contribution in [0.3, 0.4) is 0 Å². The molecule has 0 fully saturated rings. The Bertz CT molecular complexity index is 888. The first kappa shape index (κ1) is 22.1. The number of hydrogen-bond acceptors (Lipinski definition) is 6. The molecule has 0 bridgehead atoms. The van der Waals surface area contributed by atoms with Crippen LogP contribution in [-0.2, 0) is 31.1 Å². The lowest BCUT2D eigenvalue weighted by molar-refractivity contribution is -0.155. The number of nitrogens with two attached hydrogens (primary N) is 1. The van der Waals surface area contributed by atoms with Crippen LogP contribution in [0, 0.1) is 11.6 Å². The summed E-state index contributed by atoms with van der Waals surface area (Å²) in [6, 6.07) is 4.33. The van der Waals surface area contributed by atoms with Gasteiger partial charge in [-0.3, -0.25) is 14.6 Å². The van der Waals surface area contributed by atoms with Crippen molar-refractivity contribution in [3.63, 3.8) is 0 Å². The summed E-state index contributed by atoms with van der Waals surface area (Å²) in [6.45, 7) is 2.93. The number of amides is 1. The normalized spacial score (nSPS) is 13.8. The van der Waals surface area contributed by atoms with E-state index in [2.05, 4.69) is 10.3 Å². The average Bonchev–Trinajstić information content (AvgIpc) is 2.66. The van der Waals surface area contributed by atoms with E-state index in [-0.39, 0.29) is 24.2 Å². The molecular formula is C20H21F2N3O4. The highest BCUT2D eigenvalue weighted by atomic mass is 19.1. The summed E-state index contributed by atoms with van der Waals surface area (Å²) in [6.07, 6.45) is 2.37. The Labute approximate surface area is 166 Å². The van der Waals surface area contributed by atoms with Gasteiger partial charge >= 0.3 is 5.97 Å². The zero-order valence-corrected chi connectivity index (χ0v) is 15.9. The number of ether oxygens (including phenoxy) is 1. The summed E-state index contributed by atoms with van der Waals surface area (Å²) < 4.78 is 31.5. The van der Waals surface area contributed by atoms with Gasteiger partial charge in [0.15, 0.2) is 5.78 Å². The fourth-order valence-corrected chi connectivity index (χ4v) is 2.82. The van der Waals surface area contributed by atoms with Gasteiger partial charge in [-0.2, -0.15) is 0 Å². The molecule has 9 heteroatoms. The average molecular weight is 405 g/mol. The molecule has 0 aliphatic rings. The fraction of sp³-hybridized carbons (Fsp3) is 0.300. The standard InChI is InChI=1S/C20H21F2N3O4/c1-3-29-19(28)20(23,14-4-6-24-7-5-14)18(27)12(2)25-17(26)10-13-8-15(21)11-16(22)9-13/h4-9,11-12H,3,10,23H2,1-2H3,(H,25,26)/t12-,20?/m0/s1. The van der Waals surface area contributed by atoms with E-state index in [1.54, 1.807) is 6.92 Å². The predicted molar refractivity (Wildman–Crippen MR) is 99.4 cm³/mol. The molecule has 2 atom stereocenters. The SMILES string of the molecule is CCOC(=O)C(N)(C(=O)[C@H](C)NC(=O)Cc1cc(F)cc(F)c1)c1ccncc1. The van der Waals surface area contributed by atoms with E-state index >= 15 is 0 Å². The number of nitrogens with zero attached hydrogens (tertiary/aromatic N) is 1. The zero-order valence-electron chi connectivity index (χ0n) is 15.9. The number of hydrogen-bond donors (Lipinski definition) is 2. The van der Waals surface area contributed by atoms with Crippen molar-refractivity contribution in [1.29, 1.82) is 0 Å². The van der Waals surface area contributed by atoms with Crippen molar-refractivity contribution in [3.05, 3.63) is 65.5 Å². The van der Waals surface area contributed by atoms with E-state index < -0.39 is 40.9 Å². The van der Waals surface area contributed by atoms with Crippen molar-refractivity contribution in [3.8, 4) is 0 Å². The number of ketones is 1. The molecule has 29 heavy (non-hydrogen) atoms. The Morgan fingerprint density at radius 3 is 2.31 bits per heavy atom. The first-order valence-corrected chi connectivity index (χ1v) is 8.83. The highest BCUT2D eigenvalue weighted by Crippen LogP contribution is 2.23. The molecule has 0 saturated carbocycles. The van der Waals surface area contributed by atoms with E-state index in [9.17, 15) is 23.2 Å². The van der Waals surface area contributed by atoms with Gasteiger partial charge in [0.05, 0.1) is 19.1 Å². The van der Waals surface area contributed by atoms with Crippen molar-refractivity contribution >= 4 is 17.7 Å². The molecule has 1 aromatic heterocycles. The number of carbonyl (C=O) groups is 3. The maximum absolute atomic E-state index is 13.3. The summed E-state index contributed by atoms with van der Waals surface area (Å²) >= 11 is 0. The topological polar surface area (TPSA) is 111 Å². The van der Waals surface area contributed by atoms with Gasteiger partial charge < -0.3 is 15.8 Å². The van der Waals surface area contributed by atoms with Crippen molar-refractivity contribution in [2.45, 2.75) is 31.8 Å². The monoisotopic (exact) mass is 405 g/mol. The van der Waals surface area contributed by atoms with Gasteiger partial charge in [-0.1, -0.05) is 0 Å². The van der Waals surface area contributed by atoms with Gasteiger partial charge in [0, 0.05) is 18.5 Å². The molecule has 3 N–H and O–H groups in total. The third kappa shape index (κ3) is 5.20. The van der Waals surface area contributed by atoms with Gasteiger partial charge in [0.2, 0.25) is 11.4 Å². The molecule has 0 saturated heterocycles. The number of pyridine rings is 1. The van der Waals surface area contributed by atoms with Crippen LogP contribution >= 0.6 is 0 Å². The third-order valence-corrected chi connectivity index (χ3v) is 4.18. The van der Waals surface area contributed by atoms with Crippen LogP contribution in [-0.4, -0.2) is 35.3 Å². The number of nitrogens with one attached hydrogen (secondary N) is 1. The van der Waals surface area contributed by atoms with E-state index in [0.29, 0.717) is 6.07 Å². The molecule has 1 unspecified atom stereocenters. The second-order valence-corrected chi connectivity index (χ2v) is 6.37. The number of esters is 1. The van der Waals surface area contributed by atoms with Crippen molar-refractivity contribution in [2.75, 3.05) is 6.61 Å². The lowest BCUT2D eigenvalue weighted by Crippen LogP contribution is -2.59. The second-order valence-electron chi connectivity index (χ2n) is 6.37. The Balaban J connectivity index is 2.20. The maximum Gasteiger partial charge on any atom is 0.338 e. The zero-order chi connectivity index (χ0) is 21.6. The molecule has 1 aromatic carbocycles. The van der Waals surface area contributed by atoms with Crippen molar-refractivity contribution in [1.82, 2.24) is 10.3 Å². The summed E-state index contributed by atoms with van der Waals surface area (Å²) in [4.78, 5) is 41.5. The van der Waals surface area contributed by atoms with Crippen molar-refractivity contribution < 1.29 is 27.9 Å². The van der Waals surface area contributed by atoms with Crippen LogP contribution in [0.1, 0.15) is 25.0 Å². The predicted octanol–water partition coefficient (Wildman–Crippen LogP) is 1.39. The molecule has 1 heterocycles. The fourth-order valence-electron chi connectivity index (χ4n) is 2.82. The highest BCUT2D eigenvalue weighted by molar-refractivity contribution is 6.11. The van der Waals surface area contributed by atoms with Gasteiger partial charge in [0.25, 0.3) is 0 Å². The number of rotatable bonds is 8. The van der Waals surface area contributed by atoms with E-state index in [1.807, 2.05) is 0 Å². The number of aromatic nitrogens is 1. The molecule has 7 nitrogen and oxygen atoms in total. The van der Waals surface area contributed by atoms with Crippen LogP contribution < -0.4 is 11.1 Å². The molecule has 0 radical (unpaired) electrons. The molecule has 0 aliphatic carbocycles. The molecule has 2 rings (SSSR count). The van der Waals surface area contributed by atoms with E-state index in [0.717, 1.165) is 12.1 Å². The Morgan fingerprint density at radius 2 is 1.76 bits per heavy atom.